The molecular weight excluding hydrogens is 335 g/mol. The maximum atomic E-state index is 11.8. The van der Waals surface area contributed by atoms with Gasteiger partial charge in [0.05, 0.1) is 20.0 Å². The second-order valence-corrected chi connectivity index (χ2v) is 4.59. The molecule has 1 rings (SSSR count). The van der Waals surface area contributed by atoms with E-state index in [9.17, 15) is 24.3 Å². The van der Waals surface area contributed by atoms with Crippen molar-refractivity contribution >= 4 is 53.8 Å². The summed E-state index contributed by atoms with van der Waals surface area (Å²) < 4.78 is 9.79. The number of hydrogen-bond acceptors (Lipinski definition) is 7. The van der Waals surface area contributed by atoms with Crippen molar-refractivity contribution in [3.63, 3.8) is 0 Å². The molecule has 0 aliphatic rings. The summed E-state index contributed by atoms with van der Waals surface area (Å²) in [5, 5.41) is 27.2. The summed E-state index contributed by atoms with van der Waals surface area (Å²) in [4.78, 5) is 44.0. The van der Waals surface area contributed by atoms with Gasteiger partial charge in [-0.3, -0.25) is 14.4 Å². The van der Waals surface area contributed by atoms with E-state index in [1.807, 2.05) is 0 Å². The number of carboxylic acids is 2. The molecule has 0 aromatic heterocycles. The fourth-order valence-corrected chi connectivity index (χ4v) is 1.70. The molecule has 0 spiro atoms. The van der Waals surface area contributed by atoms with E-state index in [1.165, 1.54) is 25.3 Å². The summed E-state index contributed by atoms with van der Waals surface area (Å²) in [5.41, 5.74) is -2.53. The van der Waals surface area contributed by atoms with Gasteiger partial charge in [0.15, 0.2) is 17.1 Å². The predicted molar refractivity (Wildman–Crippen MR) is 80.6 cm³/mol. The molecule has 0 radical (unpaired) electrons. The number of esters is 1. The molecule has 9 nitrogen and oxygen atoms in total. The Balaban J connectivity index is 0.00000529. The Hall–Kier alpha value is -1.94. The molecule has 0 saturated heterocycles. The van der Waals surface area contributed by atoms with Gasteiger partial charge in [0, 0.05) is 5.56 Å². The van der Waals surface area contributed by atoms with Crippen LogP contribution in [0.15, 0.2) is 18.2 Å². The number of aliphatic carboxylic acids is 2. The Morgan fingerprint density at radius 3 is 2.25 bits per heavy atom. The summed E-state index contributed by atoms with van der Waals surface area (Å²) in [5.74, 6) is -4.68. The average molecular weight is 350 g/mol. The summed E-state index contributed by atoms with van der Waals surface area (Å²) in [6, 6.07) is 3.87. The number of carbonyl (C=O) groups excluding carboxylic acids is 2. The number of aldehydes is 1. The standard InChI is InChI=1S/C14H14O9.Na.H/c1-22-10-4-8(7-15)2-3-9(10)23-12(18)6-14(21,13(19)20)5-11(16)17;;/h2-4,7,21H,5-6H2,1H3,(H,16,17)(H,19,20);;. The first-order valence-electron chi connectivity index (χ1n) is 6.23. The van der Waals surface area contributed by atoms with E-state index < -0.39 is 36.4 Å². The van der Waals surface area contributed by atoms with Gasteiger partial charge in [-0.15, -0.1) is 0 Å². The Morgan fingerprint density at radius 1 is 1.17 bits per heavy atom. The van der Waals surface area contributed by atoms with Crippen LogP contribution in [0.25, 0.3) is 0 Å². The van der Waals surface area contributed by atoms with Gasteiger partial charge in [-0.25, -0.2) is 4.79 Å². The fourth-order valence-electron chi connectivity index (χ4n) is 1.70. The maximum absolute atomic E-state index is 11.8. The molecule has 0 aliphatic carbocycles. The molecule has 0 heterocycles. The Morgan fingerprint density at radius 2 is 1.79 bits per heavy atom. The Labute approximate surface area is 158 Å². The van der Waals surface area contributed by atoms with Crippen LogP contribution >= 0.6 is 0 Å². The molecule has 126 valence electrons. The van der Waals surface area contributed by atoms with Gasteiger partial charge in [-0.1, -0.05) is 0 Å². The molecule has 0 fully saturated rings. The zero-order valence-electron chi connectivity index (χ0n) is 12.0. The molecule has 1 atom stereocenters. The minimum absolute atomic E-state index is 0. The number of methoxy groups -OCH3 is 1. The zero-order valence-corrected chi connectivity index (χ0v) is 12.0. The van der Waals surface area contributed by atoms with Crippen LogP contribution in [-0.4, -0.2) is 81.8 Å². The van der Waals surface area contributed by atoms with Crippen molar-refractivity contribution in [2.45, 2.75) is 18.4 Å². The number of carboxylic acid groups (broad SMARTS) is 2. The third-order valence-electron chi connectivity index (χ3n) is 2.83. The SMILES string of the molecule is COc1cc(C=O)ccc1OC(=O)CC(O)(CC(=O)O)C(=O)O.[NaH]. The number of carbonyl (C=O) groups is 4. The number of ether oxygens (including phenoxy) is 2. The van der Waals surface area contributed by atoms with E-state index in [0.717, 1.165) is 0 Å². The van der Waals surface area contributed by atoms with Gasteiger partial charge < -0.3 is 24.8 Å². The molecule has 1 unspecified atom stereocenters. The molecule has 3 N–H and O–H groups in total. The topological polar surface area (TPSA) is 147 Å². The molecular formula is C14H15NaO9. The Bertz CT molecular complexity index is 643. The van der Waals surface area contributed by atoms with E-state index in [-0.39, 0.29) is 46.6 Å². The second-order valence-electron chi connectivity index (χ2n) is 4.59. The molecule has 1 aromatic rings. The third kappa shape index (κ3) is 5.93. The molecule has 1 aromatic carbocycles. The first kappa shape index (κ1) is 22.1. The third-order valence-corrected chi connectivity index (χ3v) is 2.83. The van der Waals surface area contributed by atoms with Crippen molar-refractivity contribution in [3.8, 4) is 11.5 Å². The number of hydrogen-bond donors (Lipinski definition) is 3. The Kier molecular flexibility index (Phi) is 8.62. The number of rotatable bonds is 8. The van der Waals surface area contributed by atoms with Crippen molar-refractivity contribution in [2.24, 2.45) is 0 Å². The summed E-state index contributed by atoms with van der Waals surface area (Å²) in [7, 11) is 1.26. The van der Waals surface area contributed by atoms with Gasteiger partial charge in [0.2, 0.25) is 0 Å². The van der Waals surface area contributed by atoms with Crippen LogP contribution < -0.4 is 9.47 Å². The monoisotopic (exact) mass is 350 g/mol. The number of aliphatic hydroxyl groups is 1. The second kappa shape index (κ2) is 9.38. The molecule has 24 heavy (non-hydrogen) atoms. The molecule has 0 amide bonds. The van der Waals surface area contributed by atoms with Crippen molar-refractivity contribution in [1.82, 2.24) is 0 Å². The summed E-state index contributed by atoms with van der Waals surface area (Å²) in [6.07, 6.45) is -1.70. The van der Waals surface area contributed by atoms with E-state index in [1.54, 1.807) is 0 Å². The van der Waals surface area contributed by atoms with Crippen LogP contribution in [0.2, 0.25) is 0 Å². The van der Waals surface area contributed by atoms with E-state index in [4.69, 9.17) is 19.7 Å². The zero-order chi connectivity index (χ0) is 17.6. The quantitative estimate of drug-likeness (QED) is 0.243. The van der Waals surface area contributed by atoms with E-state index in [2.05, 4.69) is 0 Å². The summed E-state index contributed by atoms with van der Waals surface area (Å²) in [6.45, 7) is 0. The van der Waals surface area contributed by atoms with Gasteiger partial charge >= 0.3 is 47.5 Å². The minimum atomic E-state index is -2.79. The van der Waals surface area contributed by atoms with Crippen LogP contribution in [0.3, 0.4) is 0 Å². The van der Waals surface area contributed by atoms with Crippen LogP contribution in [0.4, 0.5) is 0 Å². The summed E-state index contributed by atoms with van der Waals surface area (Å²) >= 11 is 0. The van der Waals surface area contributed by atoms with Crippen molar-refractivity contribution in [2.75, 3.05) is 7.11 Å². The molecule has 0 saturated carbocycles. The number of benzene rings is 1. The van der Waals surface area contributed by atoms with Gasteiger partial charge in [-0.2, -0.15) is 0 Å². The first-order chi connectivity index (χ1) is 10.7. The van der Waals surface area contributed by atoms with Gasteiger partial charge in [-0.05, 0) is 18.2 Å². The molecule has 10 heteroatoms. The normalized spacial score (nSPS) is 12.2. The predicted octanol–water partition coefficient (Wildman–Crippen LogP) is -0.555. The van der Waals surface area contributed by atoms with Gasteiger partial charge in [0.1, 0.15) is 6.29 Å². The molecule has 0 aliphatic heterocycles. The average Bonchev–Trinajstić information content (AvgIpc) is 2.46. The van der Waals surface area contributed by atoms with Crippen molar-refractivity contribution in [3.05, 3.63) is 23.8 Å². The van der Waals surface area contributed by atoms with Crippen LogP contribution in [0.1, 0.15) is 23.2 Å². The fraction of sp³-hybridized carbons (Fsp3) is 0.286. The van der Waals surface area contributed by atoms with Gasteiger partial charge in [0.25, 0.3) is 0 Å². The van der Waals surface area contributed by atoms with Crippen molar-refractivity contribution in [1.29, 1.82) is 0 Å². The first-order valence-corrected chi connectivity index (χ1v) is 6.23. The van der Waals surface area contributed by atoms with E-state index in [0.29, 0.717) is 6.29 Å². The van der Waals surface area contributed by atoms with Crippen LogP contribution in [0.5, 0.6) is 11.5 Å². The van der Waals surface area contributed by atoms with E-state index >= 15 is 0 Å². The molecule has 0 bridgehead atoms. The van der Waals surface area contributed by atoms with Crippen LogP contribution in [-0.2, 0) is 14.4 Å². The van der Waals surface area contributed by atoms with Crippen molar-refractivity contribution < 1.29 is 44.0 Å². The van der Waals surface area contributed by atoms with Crippen LogP contribution in [0, 0.1) is 0 Å².